The zero-order valence-corrected chi connectivity index (χ0v) is 15.0. The van der Waals surface area contributed by atoms with Crippen molar-refractivity contribution in [3.05, 3.63) is 51.9 Å². The van der Waals surface area contributed by atoms with Crippen molar-refractivity contribution < 1.29 is 14.3 Å². The SMILES string of the molecule is COC(=O)c1c(NC(=O)CSCc2ccccc2)sc(C)c1C. The molecule has 1 amide bonds. The van der Waals surface area contributed by atoms with E-state index in [2.05, 4.69) is 5.32 Å². The Labute approximate surface area is 144 Å². The van der Waals surface area contributed by atoms with Gasteiger partial charge in [-0.3, -0.25) is 4.79 Å². The van der Waals surface area contributed by atoms with E-state index in [0.29, 0.717) is 16.3 Å². The standard InChI is InChI=1S/C17H19NO3S2/c1-11-12(2)23-16(15(11)17(20)21-3)18-14(19)10-22-9-13-7-5-4-6-8-13/h4-8H,9-10H2,1-3H3,(H,18,19). The summed E-state index contributed by atoms with van der Waals surface area (Å²) in [5, 5.41) is 3.40. The molecule has 6 heteroatoms. The van der Waals surface area contributed by atoms with Gasteiger partial charge in [-0.25, -0.2) is 4.79 Å². The number of anilines is 1. The van der Waals surface area contributed by atoms with Crippen LogP contribution in [0.5, 0.6) is 0 Å². The van der Waals surface area contributed by atoms with Crippen LogP contribution in [0.3, 0.4) is 0 Å². The van der Waals surface area contributed by atoms with Crippen molar-refractivity contribution in [2.24, 2.45) is 0 Å². The maximum atomic E-state index is 12.1. The Bertz CT molecular complexity index is 695. The minimum absolute atomic E-state index is 0.114. The highest BCUT2D eigenvalue weighted by Gasteiger charge is 2.21. The number of aryl methyl sites for hydroxylation is 1. The molecular formula is C17H19NO3S2. The average molecular weight is 349 g/mol. The van der Waals surface area contributed by atoms with Crippen LogP contribution in [0.1, 0.15) is 26.4 Å². The van der Waals surface area contributed by atoms with Crippen LogP contribution in [0.25, 0.3) is 0 Å². The molecule has 0 aliphatic rings. The van der Waals surface area contributed by atoms with Gasteiger partial charge < -0.3 is 10.1 Å². The van der Waals surface area contributed by atoms with Gasteiger partial charge in [0.1, 0.15) is 5.00 Å². The topological polar surface area (TPSA) is 55.4 Å². The molecule has 0 unspecified atom stereocenters. The second kappa shape index (κ2) is 8.17. The summed E-state index contributed by atoms with van der Waals surface area (Å²) in [6, 6.07) is 10.0. The number of thiophene rings is 1. The molecule has 2 aromatic rings. The number of esters is 1. The van der Waals surface area contributed by atoms with Crippen LogP contribution in [-0.4, -0.2) is 24.7 Å². The molecule has 122 valence electrons. The van der Waals surface area contributed by atoms with Gasteiger partial charge in [0, 0.05) is 10.6 Å². The van der Waals surface area contributed by atoms with Crippen molar-refractivity contribution in [3.8, 4) is 0 Å². The highest BCUT2D eigenvalue weighted by atomic mass is 32.2. The molecule has 0 radical (unpaired) electrons. The van der Waals surface area contributed by atoms with Crippen LogP contribution in [0.2, 0.25) is 0 Å². The van der Waals surface area contributed by atoms with Gasteiger partial charge in [-0.05, 0) is 25.0 Å². The highest BCUT2D eigenvalue weighted by Crippen LogP contribution is 2.33. The molecule has 1 N–H and O–H groups in total. The monoisotopic (exact) mass is 349 g/mol. The first-order valence-corrected chi connectivity index (χ1v) is 9.10. The molecule has 0 atom stereocenters. The van der Waals surface area contributed by atoms with E-state index in [4.69, 9.17) is 4.74 Å². The third kappa shape index (κ3) is 4.59. The van der Waals surface area contributed by atoms with E-state index in [1.54, 1.807) is 11.8 Å². The second-order valence-corrected chi connectivity index (χ2v) is 7.22. The molecule has 0 saturated carbocycles. The molecule has 0 saturated heterocycles. The van der Waals surface area contributed by atoms with Crippen molar-refractivity contribution in [2.75, 3.05) is 18.2 Å². The van der Waals surface area contributed by atoms with Crippen molar-refractivity contribution in [2.45, 2.75) is 19.6 Å². The Morgan fingerprint density at radius 1 is 1.22 bits per heavy atom. The van der Waals surface area contributed by atoms with Crippen LogP contribution in [0.4, 0.5) is 5.00 Å². The first-order valence-electron chi connectivity index (χ1n) is 7.12. The molecule has 0 spiro atoms. The lowest BCUT2D eigenvalue weighted by atomic mass is 10.1. The van der Waals surface area contributed by atoms with E-state index < -0.39 is 5.97 Å². The van der Waals surface area contributed by atoms with Crippen LogP contribution < -0.4 is 5.32 Å². The lowest BCUT2D eigenvalue weighted by Crippen LogP contribution is -2.16. The number of carbonyl (C=O) groups excluding carboxylic acids is 2. The second-order valence-electron chi connectivity index (χ2n) is 5.01. The van der Waals surface area contributed by atoms with Gasteiger partial charge >= 0.3 is 5.97 Å². The Morgan fingerprint density at radius 3 is 2.57 bits per heavy atom. The zero-order valence-electron chi connectivity index (χ0n) is 13.3. The lowest BCUT2D eigenvalue weighted by Gasteiger charge is -2.06. The summed E-state index contributed by atoms with van der Waals surface area (Å²) in [5.41, 5.74) is 2.49. The number of rotatable bonds is 6. The largest absolute Gasteiger partial charge is 0.465 e. The predicted molar refractivity (Wildman–Crippen MR) is 96.4 cm³/mol. The Balaban J connectivity index is 1.95. The first kappa shape index (κ1) is 17.6. The Morgan fingerprint density at radius 2 is 1.91 bits per heavy atom. The number of amides is 1. The minimum atomic E-state index is -0.418. The molecule has 23 heavy (non-hydrogen) atoms. The number of nitrogens with one attached hydrogen (secondary N) is 1. The van der Waals surface area contributed by atoms with Crippen molar-refractivity contribution in [3.63, 3.8) is 0 Å². The minimum Gasteiger partial charge on any atom is -0.465 e. The summed E-state index contributed by atoms with van der Waals surface area (Å²) in [7, 11) is 1.34. The number of thioether (sulfide) groups is 1. The van der Waals surface area contributed by atoms with Gasteiger partial charge in [0.25, 0.3) is 0 Å². The van der Waals surface area contributed by atoms with Gasteiger partial charge in [0.05, 0.1) is 18.4 Å². The fourth-order valence-electron chi connectivity index (χ4n) is 2.06. The molecule has 0 aliphatic carbocycles. The van der Waals surface area contributed by atoms with Crippen molar-refractivity contribution >= 4 is 40.0 Å². The number of carbonyl (C=O) groups is 2. The van der Waals surface area contributed by atoms with Gasteiger partial charge in [-0.1, -0.05) is 30.3 Å². The predicted octanol–water partition coefficient (Wildman–Crippen LogP) is 4.02. The van der Waals surface area contributed by atoms with E-state index >= 15 is 0 Å². The fourth-order valence-corrected chi connectivity index (χ4v) is 3.91. The summed E-state index contributed by atoms with van der Waals surface area (Å²) in [6.07, 6.45) is 0. The van der Waals surface area contributed by atoms with Crippen molar-refractivity contribution in [1.29, 1.82) is 0 Å². The highest BCUT2D eigenvalue weighted by molar-refractivity contribution is 7.99. The Kier molecular flexibility index (Phi) is 6.24. The van der Waals surface area contributed by atoms with Gasteiger partial charge in [0.2, 0.25) is 5.91 Å². The number of methoxy groups -OCH3 is 1. The molecule has 0 aliphatic heterocycles. The van der Waals surface area contributed by atoms with Gasteiger partial charge in [-0.15, -0.1) is 23.1 Å². The van der Waals surface area contributed by atoms with Crippen molar-refractivity contribution in [1.82, 2.24) is 0 Å². The summed E-state index contributed by atoms with van der Waals surface area (Å²) >= 11 is 2.94. The molecule has 0 fully saturated rings. The quantitative estimate of drug-likeness (QED) is 0.800. The number of ether oxygens (including phenoxy) is 1. The molecular weight excluding hydrogens is 330 g/mol. The Hall–Kier alpha value is -1.79. The van der Waals surface area contributed by atoms with Crippen LogP contribution in [0, 0.1) is 13.8 Å². The third-order valence-corrected chi connectivity index (χ3v) is 5.50. The van der Waals surface area contributed by atoms with E-state index in [-0.39, 0.29) is 5.91 Å². The van der Waals surface area contributed by atoms with E-state index in [1.165, 1.54) is 24.0 Å². The zero-order chi connectivity index (χ0) is 16.8. The van der Waals surface area contributed by atoms with Crippen LogP contribution in [0.15, 0.2) is 30.3 Å². The summed E-state index contributed by atoms with van der Waals surface area (Å²) in [4.78, 5) is 25.0. The third-order valence-electron chi connectivity index (χ3n) is 3.37. The molecule has 2 rings (SSSR count). The van der Waals surface area contributed by atoms with Crippen LogP contribution in [-0.2, 0) is 15.3 Å². The number of hydrogen-bond donors (Lipinski definition) is 1. The number of hydrogen-bond acceptors (Lipinski definition) is 5. The smallest absolute Gasteiger partial charge is 0.341 e. The summed E-state index contributed by atoms with van der Waals surface area (Å²) < 4.78 is 4.80. The average Bonchev–Trinajstić information content (AvgIpc) is 2.82. The maximum Gasteiger partial charge on any atom is 0.341 e. The van der Waals surface area contributed by atoms with E-state index in [0.717, 1.165) is 16.2 Å². The summed E-state index contributed by atoms with van der Waals surface area (Å²) in [6.45, 7) is 3.78. The normalized spacial score (nSPS) is 10.4. The molecule has 4 nitrogen and oxygen atoms in total. The number of benzene rings is 1. The maximum absolute atomic E-state index is 12.1. The molecule has 1 aromatic heterocycles. The van der Waals surface area contributed by atoms with Gasteiger partial charge in [-0.2, -0.15) is 0 Å². The first-order chi connectivity index (χ1) is 11.0. The van der Waals surface area contributed by atoms with E-state index in [9.17, 15) is 9.59 Å². The van der Waals surface area contributed by atoms with E-state index in [1.807, 2.05) is 44.2 Å². The molecule has 1 heterocycles. The molecule has 0 bridgehead atoms. The van der Waals surface area contributed by atoms with Crippen LogP contribution >= 0.6 is 23.1 Å². The lowest BCUT2D eigenvalue weighted by molar-refractivity contribution is -0.113. The fraction of sp³-hybridized carbons (Fsp3) is 0.294. The molecule has 1 aromatic carbocycles. The summed E-state index contributed by atoms with van der Waals surface area (Å²) in [5.74, 6) is 0.586. The van der Waals surface area contributed by atoms with Gasteiger partial charge in [0.15, 0.2) is 0 Å².